The molecular formula is C42H42N4O2. The number of nitrogens with one attached hydrogen (secondary N) is 1. The molecule has 0 atom stereocenters. The minimum Gasteiger partial charge on any atom is -0.495 e. The summed E-state index contributed by atoms with van der Waals surface area (Å²) < 4.78 is 14.3. The monoisotopic (exact) mass is 634 g/mol. The van der Waals surface area contributed by atoms with Gasteiger partial charge in [-0.15, -0.1) is 0 Å². The molecule has 0 aliphatic carbocycles. The molecule has 4 heterocycles. The van der Waals surface area contributed by atoms with Crippen LogP contribution in [0.5, 0.6) is 11.5 Å². The molecule has 0 aliphatic rings. The van der Waals surface area contributed by atoms with Gasteiger partial charge in [0.15, 0.2) is 5.75 Å². The van der Waals surface area contributed by atoms with E-state index in [1.807, 2.05) is 36.8 Å². The SMILES string of the molecule is COc1c(-c2ccc3ccc4ccc(-c5cc(C(C)(C)C)cc(-n6cccc6)c5OC)nc4c3n2)cc(C(C)(C)C)cc1-c1ccc[nH]1. The molecule has 48 heavy (non-hydrogen) atoms. The number of fused-ring (bicyclic) bond motifs is 3. The summed E-state index contributed by atoms with van der Waals surface area (Å²) in [5.41, 5.74) is 10.5. The molecule has 4 aromatic heterocycles. The summed E-state index contributed by atoms with van der Waals surface area (Å²) in [6.07, 6.45) is 6.03. The highest BCUT2D eigenvalue weighted by Crippen LogP contribution is 2.43. The number of pyridine rings is 2. The third-order valence-electron chi connectivity index (χ3n) is 9.14. The highest BCUT2D eigenvalue weighted by molar-refractivity contribution is 6.04. The van der Waals surface area contributed by atoms with E-state index in [-0.39, 0.29) is 10.8 Å². The lowest BCUT2D eigenvalue weighted by Crippen LogP contribution is -2.13. The molecule has 0 saturated heterocycles. The number of rotatable bonds is 6. The van der Waals surface area contributed by atoms with Gasteiger partial charge in [0.1, 0.15) is 5.75 Å². The average Bonchev–Trinajstić information content (AvgIpc) is 3.81. The Balaban J connectivity index is 1.47. The van der Waals surface area contributed by atoms with Gasteiger partial charge in [0.25, 0.3) is 0 Å². The van der Waals surface area contributed by atoms with Crippen molar-refractivity contribution in [3.63, 3.8) is 0 Å². The summed E-state index contributed by atoms with van der Waals surface area (Å²) in [7, 11) is 3.46. The van der Waals surface area contributed by atoms with Crippen LogP contribution < -0.4 is 9.47 Å². The number of aromatic nitrogens is 4. The standard InChI is InChI=1S/C42H42N4O2/c1-41(2,3)28-22-30(33-12-11-19-43-33)39(47-7)31(23-28)34-17-15-26-13-14-27-16-18-35(45-38(27)37(26)44-34)32-24-29(42(4,5)6)25-36(40(32)48-8)46-20-9-10-21-46/h9-25,43H,1-8H3. The highest BCUT2D eigenvalue weighted by atomic mass is 16.5. The van der Waals surface area contributed by atoms with E-state index >= 15 is 0 Å². The number of methoxy groups -OCH3 is 2. The predicted molar refractivity (Wildman–Crippen MR) is 198 cm³/mol. The van der Waals surface area contributed by atoms with Crippen molar-refractivity contribution >= 4 is 21.8 Å². The van der Waals surface area contributed by atoms with Gasteiger partial charge in [0, 0.05) is 51.7 Å². The highest BCUT2D eigenvalue weighted by Gasteiger charge is 2.24. The first kappa shape index (κ1) is 31.3. The number of aromatic amines is 1. The smallest absolute Gasteiger partial charge is 0.152 e. The van der Waals surface area contributed by atoms with Crippen LogP contribution in [0.4, 0.5) is 0 Å². The molecule has 0 unspecified atom stereocenters. The molecule has 0 radical (unpaired) electrons. The van der Waals surface area contributed by atoms with E-state index in [1.165, 1.54) is 11.1 Å². The van der Waals surface area contributed by atoms with Crippen LogP contribution in [-0.2, 0) is 10.8 Å². The molecule has 1 N–H and O–H groups in total. The maximum absolute atomic E-state index is 6.11. The molecule has 3 aromatic carbocycles. The normalized spacial score (nSPS) is 12.2. The lowest BCUT2D eigenvalue weighted by molar-refractivity contribution is 0.414. The lowest BCUT2D eigenvalue weighted by Gasteiger charge is -2.24. The number of nitrogens with zero attached hydrogens (tertiary/aromatic N) is 3. The minimum absolute atomic E-state index is 0.0808. The van der Waals surface area contributed by atoms with Gasteiger partial charge in [0.05, 0.1) is 42.3 Å². The van der Waals surface area contributed by atoms with Crippen molar-refractivity contribution in [2.24, 2.45) is 0 Å². The predicted octanol–water partition coefficient (Wildman–Crippen LogP) is 10.5. The zero-order chi connectivity index (χ0) is 33.8. The van der Waals surface area contributed by atoms with Gasteiger partial charge in [-0.25, -0.2) is 9.97 Å². The van der Waals surface area contributed by atoms with Gasteiger partial charge < -0.3 is 19.0 Å². The van der Waals surface area contributed by atoms with Crippen molar-refractivity contribution in [1.29, 1.82) is 0 Å². The molecular weight excluding hydrogens is 592 g/mol. The van der Waals surface area contributed by atoms with Gasteiger partial charge in [-0.2, -0.15) is 0 Å². The second-order valence-corrected chi connectivity index (χ2v) is 14.5. The first-order valence-electron chi connectivity index (χ1n) is 16.4. The van der Waals surface area contributed by atoms with E-state index in [0.717, 1.165) is 72.8 Å². The number of benzene rings is 3. The van der Waals surface area contributed by atoms with Crippen molar-refractivity contribution in [2.75, 3.05) is 14.2 Å². The molecule has 7 rings (SSSR count). The molecule has 7 aromatic rings. The van der Waals surface area contributed by atoms with E-state index in [2.05, 4.69) is 118 Å². The Labute approximate surface area is 282 Å². The zero-order valence-electron chi connectivity index (χ0n) is 29.0. The summed E-state index contributed by atoms with van der Waals surface area (Å²) in [4.78, 5) is 14.0. The fourth-order valence-electron chi connectivity index (χ4n) is 6.38. The van der Waals surface area contributed by atoms with Gasteiger partial charge in [-0.05, 0) is 82.6 Å². The first-order valence-corrected chi connectivity index (χ1v) is 16.4. The number of hydrogen-bond donors (Lipinski definition) is 1. The van der Waals surface area contributed by atoms with Crippen LogP contribution in [0.25, 0.3) is 61.3 Å². The first-order chi connectivity index (χ1) is 23.0. The molecule has 0 amide bonds. The van der Waals surface area contributed by atoms with E-state index in [1.54, 1.807) is 14.2 Å². The Kier molecular flexibility index (Phi) is 7.62. The summed E-state index contributed by atoms with van der Waals surface area (Å²) >= 11 is 0. The minimum atomic E-state index is -0.0808. The van der Waals surface area contributed by atoms with E-state index < -0.39 is 0 Å². The van der Waals surface area contributed by atoms with Gasteiger partial charge in [0.2, 0.25) is 0 Å². The van der Waals surface area contributed by atoms with Crippen LogP contribution in [0.15, 0.2) is 104 Å². The summed E-state index contributed by atoms with van der Waals surface area (Å²) in [5.74, 6) is 1.56. The maximum Gasteiger partial charge on any atom is 0.152 e. The third kappa shape index (κ3) is 5.51. The van der Waals surface area contributed by atoms with Crippen LogP contribution in [0.1, 0.15) is 52.7 Å². The van der Waals surface area contributed by atoms with Crippen molar-refractivity contribution in [3.8, 4) is 51.0 Å². The second kappa shape index (κ2) is 11.7. The Bertz CT molecular complexity index is 2110. The fourth-order valence-corrected chi connectivity index (χ4v) is 6.38. The van der Waals surface area contributed by atoms with Crippen molar-refractivity contribution in [3.05, 3.63) is 115 Å². The van der Waals surface area contributed by atoms with Gasteiger partial charge >= 0.3 is 0 Å². The maximum atomic E-state index is 6.11. The zero-order valence-corrected chi connectivity index (χ0v) is 29.0. The van der Waals surface area contributed by atoms with E-state index in [4.69, 9.17) is 19.4 Å². The van der Waals surface area contributed by atoms with Crippen LogP contribution in [0.2, 0.25) is 0 Å². The number of ether oxygens (including phenoxy) is 2. The summed E-state index contributed by atoms with van der Waals surface area (Å²) in [6.45, 7) is 13.4. The second-order valence-electron chi connectivity index (χ2n) is 14.5. The molecule has 0 bridgehead atoms. The molecule has 242 valence electrons. The molecule has 0 spiro atoms. The molecule has 6 heteroatoms. The van der Waals surface area contributed by atoms with Gasteiger partial charge in [-0.1, -0.05) is 65.8 Å². The Morgan fingerprint density at radius 3 is 1.58 bits per heavy atom. The Morgan fingerprint density at radius 2 is 1.08 bits per heavy atom. The molecule has 6 nitrogen and oxygen atoms in total. The van der Waals surface area contributed by atoms with Crippen molar-refractivity contribution in [1.82, 2.24) is 19.5 Å². The quantitative estimate of drug-likeness (QED) is 0.185. The van der Waals surface area contributed by atoms with E-state index in [0.29, 0.717) is 0 Å². The lowest BCUT2D eigenvalue weighted by atomic mass is 9.83. The van der Waals surface area contributed by atoms with Crippen LogP contribution >= 0.6 is 0 Å². The van der Waals surface area contributed by atoms with Crippen LogP contribution in [0.3, 0.4) is 0 Å². The fraction of sp³-hybridized carbons (Fsp3) is 0.238. The number of hydrogen-bond acceptors (Lipinski definition) is 4. The van der Waals surface area contributed by atoms with Crippen LogP contribution in [-0.4, -0.2) is 33.7 Å². The summed E-state index contributed by atoms with van der Waals surface area (Å²) in [6, 6.07) is 29.7. The number of H-pyrrole nitrogens is 1. The topological polar surface area (TPSA) is 65.0 Å². The Hall–Kier alpha value is -5.36. The Morgan fingerprint density at radius 1 is 0.583 bits per heavy atom. The largest absolute Gasteiger partial charge is 0.495 e. The molecule has 0 fully saturated rings. The van der Waals surface area contributed by atoms with Crippen molar-refractivity contribution in [2.45, 2.75) is 52.4 Å². The van der Waals surface area contributed by atoms with E-state index in [9.17, 15) is 0 Å². The van der Waals surface area contributed by atoms with Crippen LogP contribution in [0, 0.1) is 0 Å². The third-order valence-corrected chi connectivity index (χ3v) is 9.14. The molecule has 0 aliphatic heterocycles. The van der Waals surface area contributed by atoms with Crippen molar-refractivity contribution < 1.29 is 9.47 Å². The van der Waals surface area contributed by atoms with Gasteiger partial charge in [-0.3, -0.25) is 0 Å². The average molecular weight is 635 g/mol. The summed E-state index contributed by atoms with van der Waals surface area (Å²) in [5, 5.41) is 2.05. The molecule has 0 saturated carbocycles.